The highest BCUT2D eigenvalue weighted by atomic mass is 19.1. The third kappa shape index (κ3) is 5.38. The van der Waals surface area contributed by atoms with Crippen LogP contribution in [0.25, 0.3) is 0 Å². The number of para-hydroxylation sites is 1. The molecule has 148 valence electrons. The summed E-state index contributed by atoms with van der Waals surface area (Å²) in [6.45, 7) is 2.46. The zero-order valence-electron chi connectivity index (χ0n) is 15.8. The zero-order chi connectivity index (χ0) is 20.6. The molecule has 2 N–H and O–H groups in total. The Morgan fingerprint density at radius 2 is 1.79 bits per heavy atom. The van der Waals surface area contributed by atoms with Crippen molar-refractivity contribution in [2.45, 2.75) is 13.5 Å². The van der Waals surface area contributed by atoms with Gasteiger partial charge in [0.1, 0.15) is 11.5 Å². The first-order valence-corrected chi connectivity index (χ1v) is 9.08. The summed E-state index contributed by atoms with van der Waals surface area (Å²) in [5.74, 6) is -1.22. The molecule has 0 unspecified atom stereocenters. The van der Waals surface area contributed by atoms with Crippen LogP contribution in [0.4, 0.5) is 15.8 Å². The van der Waals surface area contributed by atoms with Gasteiger partial charge in [-0.2, -0.15) is 0 Å². The molecule has 2 aromatic carbocycles. The van der Waals surface area contributed by atoms with Crippen molar-refractivity contribution in [3.8, 4) is 0 Å². The molecule has 6 nitrogen and oxygen atoms in total. The first-order valence-electron chi connectivity index (χ1n) is 9.08. The predicted octanol–water partition coefficient (Wildman–Crippen LogP) is 4.26. The number of aromatic nitrogens is 1. The molecule has 0 bridgehead atoms. The lowest BCUT2D eigenvalue weighted by molar-refractivity contribution is 0.0527. The smallest absolute Gasteiger partial charge is 0.340 e. The van der Waals surface area contributed by atoms with Gasteiger partial charge in [0.05, 0.1) is 29.7 Å². The van der Waals surface area contributed by atoms with E-state index in [0.29, 0.717) is 12.2 Å². The number of anilines is 2. The van der Waals surface area contributed by atoms with Crippen LogP contribution in [0.1, 0.15) is 33.3 Å². The quantitative estimate of drug-likeness (QED) is 0.586. The van der Waals surface area contributed by atoms with Gasteiger partial charge in [0.2, 0.25) is 0 Å². The van der Waals surface area contributed by atoms with Crippen molar-refractivity contribution in [3.05, 3.63) is 89.5 Å². The van der Waals surface area contributed by atoms with Crippen molar-refractivity contribution < 1.29 is 18.7 Å². The largest absolute Gasteiger partial charge is 0.462 e. The second-order valence-electron chi connectivity index (χ2n) is 6.13. The first kappa shape index (κ1) is 20.0. The van der Waals surface area contributed by atoms with E-state index in [1.165, 1.54) is 18.3 Å². The number of rotatable bonds is 7. The molecule has 0 saturated carbocycles. The van der Waals surface area contributed by atoms with E-state index in [1.54, 1.807) is 55.5 Å². The second-order valence-corrected chi connectivity index (χ2v) is 6.13. The molecule has 1 heterocycles. The van der Waals surface area contributed by atoms with Crippen molar-refractivity contribution in [1.29, 1.82) is 0 Å². The third-order valence-corrected chi connectivity index (χ3v) is 4.08. The van der Waals surface area contributed by atoms with Gasteiger partial charge in [-0.3, -0.25) is 4.79 Å². The van der Waals surface area contributed by atoms with Gasteiger partial charge in [-0.25, -0.2) is 14.2 Å². The van der Waals surface area contributed by atoms with E-state index in [-0.39, 0.29) is 23.7 Å². The van der Waals surface area contributed by atoms with Crippen LogP contribution in [0, 0.1) is 5.82 Å². The number of esters is 1. The molecular weight excluding hydrogens is 373 g/mol. The molecule has 0 atom stereocenters. The Balaban J connectivity index is 1.63. The van der Waals surface area contributed by atoms with Gasteiger partial charge in [-0.15, -0.1) is 0 Å². The van der Waals surface area contributed by atoms with Gasteiger partial charge < -0.3 is 15.4 Å². The highest BCUT2D eigenvalue weighted by Gasteiger charge is 2.15. The average molecular weight is 393 g/mol. The SMILES string of the molecule is CCOC(=O)c1ccccc1NC(=O)c1ccc(NCc2ccc(F)cc2)cn1. The minimum Gasteiger partial charge on any atom is -0.462 e. The molecule has 3 rings (SSSR count). The Kier molecular flexibility index (Phi) is 6.52. The lowest BCUT2D eigenvalue weighted by Gasteiger charge is -2.10. The van der Waals surface area contributed by atoms with Crippen LogP contribution in [0.5, 0.6) is 0 Å². The van der Waals surface area contributed by atoms with Gasteiger partial charge in [-0.1, -0.05) is 24.3 Å². The first-order chi connectivity index (χ1) is 14.1. The number of carbonyl (C=O) groups is 2. The monoisotopic (exact) mass is 393 g/mol. The summed E-state index contributed by atoms with van der Waals surface area (Å²) < 4.78 is 17.9. The number of pyridine rings is 1. The van der Waals surface area contributed by atoms with E-state index < -0.39 is 11.9 Å². The number of nitrogens with one attached hydrogen (secondary N) is 2. The molecule has 3 aromatic rings. The Bertz CT molecular complexity index is 989. The van der Waals surface area contributed by atoms with E-state index in [0.717, 1.165) is 11.3 Å². The summed E-state index contributed by atoms with van der Waals surface area (Å²) in [7, 11) is 0. The molecular formula is C22H20FN3O3. The molecule has 1 aromatic heterocycles. The number of hydrogen-bond acceptors (Lipinski definition) is 5. The van der Waals surface area contributed by atoms with Crippen molar-refractivity contribution in [1.82, 2.24) is 4.98 Å². The fourth-order valence-electron chi connectivity index (χ4n) is 2.60. The summed E-state index contributed by atoms with van der Waals surface area (Å²) in [6.07, 6.45) is 1.54. The van der Waals surface area contributed by atoms with E-state index in [2.05, 4.69) is 15.6 Å². The van der Waals surface area contributed by atoms with Crippen molar-refractivity contribution in [2.75, 3.05) is 17.2 Å². The number of hydrogen-bond donors (Lipinski definition) is 2. The normalized spacial score (nSPS) is 10.3. The fraction of sp³-hybridized carbons (Fsp3) is 0.136. The summed E-state index contributed by atoms with van der Waals surface area (Å²) >= 11 is 0. The van der Waals surface area contributed by atoms with Gasteiger partial charge in [0.15, 0.2) is 0 Å². The maximum absolute atomic E-state index is 12.9. The maximum Gasteiger partial charge on any atom is 0.340 e. The van der Waals surface area contributed by atoms with Crippen molar-refractivity contribution in [3.63, 3.8) is 0 Å². The minimum absolute atomic E-state index is 0.205. The summed E-state index contributed by atoms with van der Waals surface area (Å²) in [6, 6.07) is 16.1. The third-order valence-electron chi connectivity index (χ3n) is 4.08. The Morgan fingerprint density at radius 1 is 1.03 bits per heavy atom. The predicted molar refractivity (Wildman–Crippen MR) is 108 cm³/mol. The topological polar surface area (TPSA) is 80.3 Å². The Hall–Kier alpha value is -3.74. The lowest BCUT2D eigenvalue weighted by atomic mass is 10.1. The highest BCUT2D eigenvalue weighted by Crippen LogP contribution is 2.18. The van der Waals surface area contributed by atoms with Crippen LogP contribution < -0.4 is 10.6 Å². The van der Waals surface area contributed by atoms with Crippen molar-refractivity contribution >= 4 is 23.3 Å². The molecule has 7 heteroatoms. The standard InChI is InChI=1S/C22H20FN3O3/c1-2-29-22(28)18-5-3-4-6-19(18)26-21(27)20-12-11-17(14-25-20)24-13-15-7-9-16(23)10-8-15/h3-12,14,24H,2,13H2,1H3,(H,26,27). The lowest BCUT2D eigenvalue weighted by Crippen LogP contribution is -2.17. The summed E-state index contributed by atoms with van der Waals surface area (Å²) in [5.41, 5.74) is 2.48. The van der Waals surface area contributed by atoms with Crippen LogP contribution >= 0.6 is 0 Å². The number of carbonyl (C=O) groups excluding carboxylic acids is 2. The van der Waals surface area contributed by atoms with E-state index in [9.17, 15) is 14.0 Å². The Labute approximate surface area is 167 Å². The average Bonchev–Trinajstić information content (AvgIpc) is 2.74. The van der Waals surface area contributed by atoms with Gasteiger partial charge in [0.25, 0.3) is 5.91 Å². The van der Waals surface area contributed by atoms with Crippen LogP contribution in [0.2, 0.25) is 0 Å². The van der Waals surface area contributed by atoms with Crippen LogP contribution in [-0.2, 0) is 11.3 Å². The highest BCUT2D eigenvalue weighted by molar-refractivity contribution is 6.07. The number of nitrogens with zero attached hydrogens (tertiary/aromatic N) is 1. The number of amides is 1. The summed E-state index contributed by atoms with van der Waals surface area (Å²) in [4.78, 5) is 28.7. The van der Waals surface area contributed by atoms with Gasteiger partial charge >= 0.3 is 5.97 Å². The van der Waals surface area contributed by atoms with Crippen LogP contribution in [-0.4, -0.2) is 23.5 Å². The molecule has 0 saturated heterocycles. The molecule has 0 aliphatic heterocycles. The molecule has 1 amide bonds. The van der Waals surface area contributed by atoms with E-state index in [4.69, 9.17) is 4.74 Å². The van der Waals surface area contributed by atoms with E-state index >= 15 is 0 Å². The number of halogens is 1. The summed E-state index contributed by atoms with van der Waals surface area (Å²) in [5, 5.41) is 5.85. The zero-order valence-corrected chi connectivity index (χ0v) is 15.8. The molecule has 29 heavy (non-hydrogen) atoms. The molecule has 0 aliphatic carbocycles. The Morgan fingerprint density at radius 3 is 2.48 bits per heavy atom. The fourth-order valence-corrected chi connectivity index (χ4v) is 2.60. The number of benzene rings is 2. The van der Waals surface area contributed by atoms with Crippen molar-refractivity contribution in [2.24, 2.45) is 0 Å². The molecule has 0 fully saturated rings. The van der Waals surface area contributed by atoms with E-state index in [1.807, 2.05) is 0 Å². The van der Waals surface area contributed by atoms with Gasteiger partial charge in [0, 0.05) is 6.54 Å². The minimum atomic E-state index is -0.503. The number of ether oxygens (including phenoxy) is 1. The van der Waals surface area contributed by atoms with Crippen LogP contribution in [0.3, 0.4) is 0 Å². The molecule has 0 aliphatic rings. The molecule has 0 spiro atoms. The molecule has 0 radical (unpaired) electrons. The van der Waals surface area contributed by atoms with Gasteiger partial charge in [-0.05, 0) is 48.9 Å². The second kappa shape index (κ2) is 9.45. The maximum atomic E-state index is 12.9. The van der Waals surface area contributed by atoms with Crippen LogP contribution in [0.15, 0.2) is 66.9 Å².